The molecule has 0 saturated carbocycles. The first-order chi connectivity index (χ1) is 6.57. The largest absolute Gasteiger partial charge is 0.204 e. The molecular weight excluding hydrogens is 196 g/mol. The van der Waals surface area contributed by atoms with Crippen LogP contribution in [0.2, 0.25) is 0 Å². The zero-order valence-electron chi connectivity index (χ0n) is 7.08. The van der Waals surface area contributed by atoms with Gasteiger partial charge < -0.3 is 0 Å². The number of hydrogen-bond donors (Lipinski definition) is 0. The van der Waals surface area contributed by atoms with Crippen molar-refractivity contribution in [3.05, 3.63) is 34.9 Å². The van der Waals surface area contributed by atoms with E-state index in [1.54, 1.807) is 0 Å². The van der Waals surface area contributed by atoms with Crippen molar-refractivity contribution in [2.24, 2.45) is 0 Å². The highest BCUT2D eigenvalue weighted by Gasteiger charge is 2.17. The Morgan fingerprint density at radius 1 is 1.07 bits per heavy atom. The molecule has 0 saturated heterocycles. The lowest BCUT2D eigenvalue weighted by Crippen LogP contribution is -2.01. The van der Waals surface area contributed by atoms with Gasteiger partial charge in [-0.1, -0.05) is 0 Å². The molecule has 0 radical (unpaired) electrons. The lowest BCUT2D eigenvalue weighted by molar-refractivity contribution is 0.404. The Balaban J connectivity index is 3.14. The van der Waals surface area contributed by atoms with Crippen LogP contribution < -0.4 is 0 Å². The van der Waals surface area contributed by atoms with Crippen LogP contribution in [0.3, 0.4) is 0 Å². The van der Waals surface area contributed by atoms with Crippen LogP contribution in [0.1, 0.15) is 12.0 Å². The third-order valence-electron chi connectivity index (χ3n) is 1.72. The van der Waals surface area contributed by atoms with Gasteiger partial charge in [-0.2, -0.15) is 0 Å². The van der Waals surface area contributed by atoms with Crippen LogP contribution in [-0.4, -0.2) is 0 Å². The zero-order valence-corrected chi connectivity index (χ0v) is 7.08. The van der Waals surface area contributed by atoms with Gasteiger partial charge in [0.05, 0.1) is 0 Å². The standard InChI is InChI=1S/C10H6F4/c1-2-3-4-6-5-7(11)9(13)10(14)8(6)12/h1,5H,3-4H2. The second-order valence-corrected chi connectivity index (χ2v) is 2.66. The second kappa shape index (κ2) is 4.14. The molecule has 4 heteroatoms. The molecule has 0 aromatic heterocycles. The first-order valence-corrected chi connectivity index (χ1v) is 3.83. The van der Waals surface area contributed by atoms with Crippen LogP contribution in [0.5, 0.6) is 0 Å². The predicted octanol–water partition coefficient (Wildman–Crippen LogP) is 2.81. The van der Waals surface area contributed by atoms with Crippen LogP contribution in [0.15, 0.2) is 6.07 Å². The highest BCUT2D eigenvalue weighted by Crippen LogP contribution is 2.19. The molecule has 0 fully saturated rings. The molecule has 0 heterocycles. The Labute approximate surface area is 78.6 Å². The van der Waals surface area contributed by atoms with E-state index in [4.69, 9.17) is 6.42 Å². The smallest absolute Gasteiger partial charge is 0.197 e. The maximum Gasteiger partial charge on any atom is 0.197 e. The van der Waals surface area contributed by atoms with E-state index in [2.05, 4.69) is 5.92 Å². The SMILES string of the molecule is C#CCCc1cc(F)c(F)c(F)c1F. The van der Waals surface area contributed by atoms with Crippen LogP contribution in [0.25, 0.3) is 0 Å². The highest BCUT2D eigenvalue weighted by molar-refractivity contribution is 5.22. The van der Waals surface area contributed by atoms with E-state index in [0.29, 0.717) is 6.07 Å². The van der Waals surface area contributed by atoms with Crippen molar-refractivity contribution in [3.63, 3.8) is 0 Å². The van der Waals surface area contributed by atoms with Crippen molar-refractivity contribution in [2.45, 2.75) is 12.8 Å². The Morgan fingerprint density at radius 2 is 1.71 bits per heavy atom. The minimum absolute atomic E-state index is 0.0174. The van der Waals surface area contributed by atoms with Crippen molar-refractivity contribution < 1.29 is 17.6 Å². The summed E-state index contributed by atoms with van der Waals surface area (Å²) in [5, 5.41) is 0. The Kier molecular flexibility index (Phi) is 3.13. The Bertz CT molecular complexity index is 390. The zero-order chi connectivity index (χ0) is 10.7. The van der Waals surface area contributed by atoms with Crippen molar-refractivity contribution in [1.82, 2.24) is 0 Å². The van der Waals surface area contributed by atoms with Gasteiger partial charge in [0, 0.05) is 6.42 Å². The molecule has 0 spiro atoms. The first kappa shape index (κ1) is 10.6. The van der Waals surface area contributed by atoms with E-state index in [9.17, 15) is 17.6 Å². The van der Waals surface area contributed by atoms with Gasteiger partial charge in [-0.15, -0.1) is 12.3 Å². The second-order valence-electron chi connectivity index (χ2n) is 2.66. The van der Waals surface area contributed by atoms with Crippen LogP contribution in [0.4, 0.5) is 17.6 Å². The third kappa shape index (κ3) is 1.87. The van der Waals surface area contributed by atoms with Gasteiger partial charge in [-0.05, 0) is 18.1 Å². The van der Waals surface area contributed by atoms with E-state index >= 15 is 0 Å². The molecule has 1 aromatic rings. The number of halogens is 4. The number of hydrogen-bond acceptors (Lipinski definition) is 0. The molecule has 1 aromatic carbocycles. The number of aryl methyl sites for hydroxylation is 1. The quantitative estimate of drug-likeness (QED) is 0.299. The van der Waals surface area contributed by atoms with E-state index in [-0.39, 0.29) is 18.4 Å². The van der Waals surface area contributed by atoms with Crippen molar-refractivity contribution >= 4 is 0 Å². The molecule has 0 atom stereocenters. The topological polar surface area (TPSA) is 0 Å². The normalized spacial score (nSPS) is 9.93. The molecule has 0 aliphatic rings. The van der Waals surface area contributed by atoms with Gasteiger partial charge in [0.15, 0.2) is 23.3 Å². The van der Waals surface area contributed by atoms with Crippen molar-refractivity contribution in [2.75, 3.05) is 0 Å². The van der Waals surface area contributed by atoms with Gasteiger partial charge in [-0.3, -0.25) is 0 Å². The summed E-state index contributed by atoms with van der Waals surface area (Å²) in [4.78, 5) is 0. The fourth-order valence-electron chi connectivity index (χ4n) is 1.01. The van der Waals surface area contributed by atoms with Gasteiger partial charge in [0.2, 0.25) is 0 Å². The molecule has 0 aliphatic carbocycles. The Morgan fingerprint density at radius 3 is 2.29 bits per heavy atom. The average Bonchev–Trinajstić information content (AvgIpc) is 2.18. The summed E-state index contributed by atoms with van der Waals surface area (Å²) in [6.07, 6.45) is 5.02. The minimum Gasteiger partial charge on any atom is -0.204 e. The maximum atomic E-state index is 12.9. The fourth-order valence-corrected chi connectivity index (χ4v) is 1.01. The fraction of sp³-hybridized carbons (Fsp3) is 0.200. The molecule has 0 amide bonds. The third-order valence-corrected chi connectivity index (χ3v) is 1.72. The van der Waals surface area contributed by atoms with Gasteiger partial charge in [-0.25, -0.2) is 17.6 Å². The van der Waals surface area contributed by atoms with Gasteiger partial charge in [0.25, 0.3) is 0 Å². The summed E-state index contributed by atoms with van der Waals surface area (Å²) >= 11 is 0. The van der Waals surface area contributed by atoms with Crippen LogP contribution in [-0.2, 0) is 6.42 Å². The minimum atomic E-state index is -1.80. The maximum absolute atomic E-state index is 12.9. The lowest BCUT2D eigenvalue weighted by Gasteiger charge is -2.03. The summed E-state index contributed by atoms with van der Waals surface area (Å²) in [5.74, 6) is -4.18. The molecule has 14 heavy (non-hydrogen) atoms. The highest BCUT2D eigenvalue weighted by atomic mass is 19.2. The molecule has 0 aliphatic heterocycles. The van der Waals surface area contributed by atoms with Crippen LogP contribution in [0, 0.1) is 35.6 Å². The average molecular weight is 202 g/mol. The number of terminal acetylenes is 1. The monoisotopic (exact) mass is 202 g/mol. The predicted molar refractivity (Wildman–Crippen MR) is 43.4 cm³/mol. The summed E-state index contributed by atoms with van der Waals surface area (Å²) in [7, 11) is 0. The van der Waals surface area contributed by atoms with Gasteiger partial charge >= 0.3 is 0 Å². The molecule has 74 valence electrons. The van der Waals surface area contributed by atoms with Crippen molar-refractivity contribution in [1.29, 1.82) is 0 Å². The molecule has 0 nitrogen and oxygen atoms in total. The molecule has 1 rings (SSSR count). The summed E-state index contributed by atoms with van der Waals surface area (Å²) in [6, 6.07) is 0.616. The van der Waals surface area contributed by atoms with E-state index in [0.717, 1.165) is 0 Å². The Hall–Kier alpha value is -1.50. The molecule has 0 N–H and O–H groups in total. The first-order valence-electron chi connectivity index (χ1n) is 3.83. The molecule has 0 bridgehead atoms. The number of benzene rings is 1. The van der Waals surface area contributed by atoms with E-state index in [1.165, 1.54) is 0 Å². The molecular formula is C10H6F4. The summed E-state index contributed by atoms with van der Waals surface area (Å²) in [5.41, 5.74) is -0.251. The van der Waals surface area contributed by atoms with Crippen molar-refractivity contribution in [3.8, 4) is 12.3 Å². The van der Waals surface area contributed by atoms with Gasteiger partial charge in [0.1, 0.15) is 0 Å². The van der Waals surface area contributed by atoms with E-state index < -0.39 is 23.3 Å². The lowest BCUT2D eigenvalue weighted by atomic mass is 10.1. The summed E-state index contributed by atoms with van der Waals surface area (Å²) in [6.45, 7) is 0. The number of rotatable bonds is 2. The van der Waals surface area contributed by atoms with E-state index in [1.807, 2.05) is 0 Å². The van der Waals surface area contributed by atoms with Crippen LogP contribution >= 0.6 is 0 Å². The summed E-state index contributed by atoms with van der Waals surface area (Å²) < 4.78 is 50.6. The molecule has 0 unspecified atom stereocenters.